The van der Waals surface area contributed by atoms with Crippen LogP contribution in [0, 0.1) is 0 Å². The molecule has 0 aliphatic heterocycles. The highest BCUT2D eigenvalue weighted by Gasteiger charge is 2.18. The number of hydrazine groups is 2. The highest BCUT2D eigenvalue weighted by Crippen LogP contribution is 2.31. The molecule has 3 aromatic heterocycles. The Labute approximate surface area is 151 Å². The number of hydrogen-bond acceptors (Lipinski definition) is 10. The van der Waals surface area contributed by atoms with Gasteiger partial charge in [-0.15, -0.1) is 11.3 Å². The molecule has 26 heavy (non-hydrogen) atoms. The van der Waals surface area contributed by atoms with Crippen molar-refractivity contribution in [2.45, 2.75) is 13.0 Å². The molecule has 0 saturated carbocycles. The van der Waals surface area contributed by atoms with Gasteiger partial charge in [0.05, 0.1) is 17.4 Å². The molecule has 12 heteroatoms. The van der Waals surface area contributed by atoms with Crippen LogP contribution in [0.3, 0.4) is 0 Å². The number of thiazole rings is 1. The lowest BCUT2D eigenvalue weighted by molar-refractivity contribution is 0.628. The first-order valence-corrected chi connectivity index (χ1v) is 8.43. The Hall–Kier alpha value is -3.09. The van der Waals surface area contributed by atoms with Gasteiger partial charge >= 0.3 is 0 Å². The van der Waals surface area contributed by atoms with Crippen molar-refractivity contribution in [2.75, 3.05) is 0 Å². The number of fused-ring (bicyclic) bond motifs is 3. The summed E-state index contributed by atoms with van der Waals surface area (Å²) in [6, 6.07) is 0. The zero-order chi connectivity index (χ0) is 18.8. The van der Waals surface area contributed by atoms with Gasteiger partial charge in [0.2, 0.25) is 0 Å². The summed E-state index contributed by atoms with van der Waals surface area (Å²) in [7, 11) is 1.79. The summed E-state index contributed by atoms with van der Waals surface area (Å²) in [6.45, 7) is 0.129. The second kappa shape index (κ2) is 7.03. The highest BCUT2D eigenvalue weighted by molar-refractivity contribution is 7.19. The average Bonchev–Trinajstić information content (AvgIpc) is 3.09. The van der Waals surface area contributed by atoms with Crippen LogP contribution in [0.1, 0.15) is 5.01 Å². The van der Waals surface area contributed by atoms with Crippen molar-refractivity contribution in [1.82, 2.24) is 30.2 Å². The normalized spacial score (nSPS) is 12.9. The summed E-state index contributed by atoms with van der Waals surface area (Å²) in [5.74, 6) is 10.4. The van der Waals surface area contributed by atoms with Crippen LogP contribution in [0.4, 0.5) is 0 Å². The summed E-state index contributed by atoms with van der Waals surface area (Å²) in [5.41, 5.74) is 18.3. The van der Waals surface area contributed by atoms with Crippen molar-refractivity contribution >= 4 is 32.6 Å². The summed E-state index contributed by atoms with van der Waals surface area (Å²) in [4.78, 5) is 17.4. The van der Waals surface area contributed by atoms with Crippen LogP contribution in [0.25, 0.3) is 21.3 Å². The fourth-order valence-corrected chi connectivity index (χ4v) is 3.82. The van der Waals surface area contributed by atoms with E-state index in [1.54, 1.807) is 17.8 Å². The molecule has 0 aliphatic carbocycles. The molecule has 0 radical (unpaired) electrons. The quantitative estimate of drug-likeness (QED) is 0.218. The molecule has 0 amide bonds. The van der Waals surface area contributed by atoms with E-state index < -0.39 is 0 Å². The standard InChI is InChI=1S/C14H20N10OS/c1-23-11-9(5-21-24(14(11)25)6-8(16)4-20-18)12-13(23)22-10(26-12)2-7(15)3-19-17/h3-5,19-20H,2,6,15-18H2,1H3/b7-3-,8-4-. The molecule has 138 valence electrons. The Morgan fingerprint density at radius 1 is 1.27 bits per heavy atom. The first kappa shape index (κ1) is 17.7. The van der Waals surface area contributed by atoms with Gasteiger partial charge in [0.1, 0.15) is 10.5 Å². The third-order valence-electron chi connectivity index (χ3n) is 3.79. The lowest BCUT2D eigenvalue weighted by atomic mass is 10.3. The molecule has 0 atom stereocenters. The van der Waals surface area contributed by atoms with Crippen molar-refractivity contribution in [1.29, 1.82) is 0 Å². The smallest absolute Gasteiger partial charge is 0.291 e. The summed E-state index contributed by atoms with van der Waals surface area (Å²) < 4.78 is 3.92. The Morgan fingerprint density at radius 3 is 2.65 bits per heavy atom. The van der Waals surface area contributed by atoms with E-state index in [2.05, 4.69) is 20.9 Å². The monoisotopic (exact) mass is 376 g/mol. The average molecular weight is 376 g/mol. The van der Waals surface area contributed by atoms with E-state index in [0.717, 1.165) is 15.1 Å². The zero-order valence-electron chi connectivity index (χ0n) is 14.1. The number of hydrogen-bond donors (Lipinski definition) is 6. The number of nitrogens with zero attached hydrogens (tertiary/aromatic N) is 4. The Kier molecular flexibility index (Phi) is 4.79. The number of aromatic nitrogens is 4. The van der Waals surface area contributed by atoms with Gasteiger partial charge < -0.3 is 26.9 Å². The van der Waals surface area contributed by atoms with Gasteiger partial charge in [0, 0.05) is 42.6 Å². The van der Waals surface area contributed by atoms with E-state index in [9.17, 15) is 4.79 Å². The second-order valence-corrected chi connectivity index (χ2v) is 6.72. The molecule has 0 unspecified atom stereocenters. The van der Waals surface area contributed by atoms with Crippen LogP contribution < -0.4 is 39.6 Å². The molecule has 11 nitrogen and oxygen atoms in total. The minimum absolute atomic E-state index is 0.129. The van der Waals surface area contributed by atoms with Crippen LogP contribution in [0.2, 0.25) is 0 Å². The van der Waals surface area contributed by atoms with Gasteiger partial charge in [-0.2, -0.15) is 5.10 Å². The number of allylic oxidation sites excluding steroid dienone is 2. The van der Waals surface area contributed by atoms with Crippen molar-refractivity contribution < 1.29 is 0 Å². The lowest BCUT2D eigenvalue weighted by Gasteiger charge is -2.06. The molecule has 0 bridgehead atoms. The Morgan fingerprint density at radius 2 is 1.96 bits per heavy atom. The number of nitrogens with one attached hydrogen (secondary N) is 2. The Bertz CT molecular complexity index is 1070. The fourth-order valence-electron chi connectivity index (χ4n) is 2.68. The van der Waals surface area contributed by atoms with E-state index in [0.29, 0.717) is 29.0 Å². The van der Waals surface area contributed by atoms with Gasteiger partial charge in [0.15, 0.2) is 5.65 Å². The van der Waals surface area contributed by atoms with E-state index in [1.165, 1.54) is 28.4 Å². The largest absolute Gasteiger partial charge is 0.400 e. The van der Waals surface area contributed by atoms with Crippen LogP contribution in [-0.2, 0) is 20.0 Å². The summed E-state index contributed by atoms with van der Waals surface area (Å²) in [6.07, 6.45) is 5.02. The minimum atomic E-state index is -0.253. The topological polar surface area (TPSA) is 181 Å². The van der Waals surface area contributed by atoms with Gasteiger partial charge in [-0.05, 0) is 0 Å². The second-order valence-electron chi connectivity index (χ2n) is 5.64. The summed E-state index contributed by atoms with van der Waals surface area (Å²) in [5, 5.41) is 5.77. The van der Waals surface area contributed by atoms with E-state index in [1.807, 2.05) is 0 Å². The van der Waals surface area contributed by atoms with Gasteiger partial charge in [0.25, 0.3) is 5.56 Å². The zero-order valence-corrected chi connectivity index (χ0v) is 14.9. The van der Waals surface area contributed by atoms with Gasteiger partial charge in [-0.3, -0.25) is 16.5 Å². The maximum Gasteiger partial charge on any atom is 0.291 e. The third-order valence-corrected chi connectivity index (χ3v) is 4.87. The Balaban J connectivity index is 2.08. The fraction of sp³-hybridized carbons (Fsp3) is 0.214. The maximum absolute atomic E-state index is 12.8. The molecule has 3 heterocycles. The minimum Gasteiger partial charge on any atom is -0.400 e. The van der Waals surface area contributed by atoms with Crippen molar-refractivity contribution in [3.05, 3.63) is 45.4 Å². The third kappa shape index (κ3) is 3.08. The number of rotatable bonds is 6. The lowest BCUT2D eigenvalue weighted by Crippen LogP contribution is -2.27. The van der Waals surface area contributed by atoms with Crippen LogP contribution in [0.5, 0.6) is 0 Å². The maximum atomic E-state index is 12.8. The predicted octanol–water partition coefficient (Wildman–Crippen LogP) is -1.59. The summed E-state index contributed by atoms with van der Waals surface area (Å²) >= 11 is 1.47. The number of aryl methyl sites for hydroxylation is 1. The SMILES string of the molecule is Cn1c2nc(C/C(N)=C/NN)sc2c2cnn(C/C(N)=C/NN)c(=O)c21. The van der Waals surface area contributed by atoms with Gasteiger partial charge in [-0.1, -0.05) is 0 Å². The molecular weight excluding hydrogens is 356 g/mol. The molecular formula is C14H20N10OS. The van der Waals surface area contributed by atoms with Crippen molar-refractivity contribution in [3.63, 3.8) is 0 Å². The van der Waals surface area contributed by atoms with E-state index in [-0.39, 0.29) is 12.1 Å². The first-order chi connectivity index (χ1) is 12.5. The molecule has 0 fully saturated rings. The first-order valence-electron chi connectivity index (χ1n) is 7.61. The van der Waals surface area contributed by atoms with E-state index >= 15 is 0 Å². The number of nitrogens with two attached hydrogens (primary N) is 4. The van der Waals surface area contributed by atoms with E-state index in [4.69, 9.17) is 23.2 Å². The van der Waals surface area contributed by atoms with Crippen LogP contribution in [0.15, 0.2) is 34.8 Å². The van der Waals surface area contributed by atoms with Crippen molar-refractivity contribution in [2.24, 2.45) is 30.2 Å². The van der Waals surface area contributed by atoms with Crippen LogP contribution >= 0.6 is 11.3 Å². The molecule has 0 aliphatic rings. The van der Waals surface area contributed by atoms with Gasteiger partial charge in [-0.25, -0.2) is 9.67 Å². The van der Waals surface area contributed by atoms with Crippen molar-refractivity contribution in [3.8, 4) is 0 Å². The molecule has 3 rings (SSSR count). The predicted molar refractivity (Wildman–Crippen MR) is 101 cm³/mol. The highest BCUT2D eigenvalue weighted by atomic mass is 32.1. The molecule has 0 saturated heterocycles. The molecule has 0 spiro atoms. The molecule has 10 N–H and O–H groups in total. The van der Waals surface area contributed by atoms with Crippen LogP contribution in [-0.4, -0.2) is 19.3 Å². The molecule has 0 aromatic carbocycles. The molecule has 3 aromatic rings.